The van der Waals surface area contributed by atoms with Crippen molar-refractivity contribution in [3.8, 4) is 11.1 Å². The second-order valence-electron chi connectivity index (χ2n) is 7.85. The first kappa shape index (κ1) is 18.9. The van der Waals surface area contributed by atoms with E-state index in [1.165, 1.54) is 38.9 Å². The van der Waals surface area contributed by atoms with Crippen LogP contribution in [0.3, 0.4) is 0 Å². The summed E-state index contributed by atoms with van der Waals surface area (Å²) in [6.07, 6.45) is 5.60. The topological polar surface area (TPSA) is 0 Å². The van der Waals surface area contributed by atoms with Crippen molar-refractivity contribution in [2.24, 2.45) is 5.92 Å². The summed E-state index contributed by atoms with van der Waals surface area (Å²) >= 11 is -2.77. The first-order chi connectivity index (χ1) is 13.6. The van der Waals surface area contributed by atoms with Crippen molar-refractivity contribution in [3.63, 3.8) is 0 Å². The Labute approximate surface area is 181 Å². The minimum atomic E-state index is -2.77. The van der Waals surface area contributed by atoms with Crippen molar-refractivity contribution < 1.29 is 19.1 Å². The van der Waals surface area contributed by atoms with Crippen molar-refractivity contribution in [3.05, 3.63) is 101 Å². The van der Waals surface area contributed by atoms with E-state index in [0.717, 1.165) is 6.42 Å². The fourth-order valence-electron chi connectivity index (χ4n) is 5.02. The summed E-state index contributed by atoms with van der Waals surface area (Å²) in [7, 11) is 13.7. The number of fused-ring (bicyclic) bond motifs is 4. The molecule has 0 heterocycles. The summed E-state index contributed by atoms with van der Waals surface area (Å²) in [6.45, 7) is 2.35. The van der Waals surface area contributed by atoms with Gasteiger partial charge in [0.05, 0.1) is 0 Å². The summed E-state index contributed by atoms with van der Waals surface area (Å²) in [5, 5.41) is 0. The molecule has 0 radical (unpaired) electrons. The Balaban J connectivity index is 1.57. The van der Waals surface area contributed by atoms with Crippen LogP contribution in [0.1, 0.15) is 44.3 Å². The molecule has 28 heavy (non-hydrogen) atoms. The fraction of sp³-hybridized carbons (Fsp3) is 0.200. The third-order valence-corrected chi connectivity index (χ3v) is 14.9. The Morgan fingerprint density at radius 1 is 0.893 bits per heavy atom. The molecule has 0 aromatic heterocycles. The average molecular weight is 571 g/mol. The monoisotopic (exact) mass is 571 g/mol. The molecule has 0 bridgehead atoms. The van der Waals surface area contributed by atoms with Gasteiger partial charge in [0.15, 0.2) is 0 Å². The third kappa shape index (κ3) is 3.07. The van der Waals surface area contributed by atoms with Crippen LogP contribution in [0.4, 0.5) is 0 Å². The van der Waals surface area contributed by atoms with Crippen molar-refractivity contribution in [1.82, 2.24) is 0 Å². The van der Waals surface area contributed by atoms with Crippen molar-refractivity contribution in [2.45, 2.75) is 22.9 Å². The van der Waals surface area contributed by atoms with E-state index in [-0.39, 0.29) is 0 Å². The van der Waals surface area contributed by atoms with E-state index < -0.39 is 19.1 Å². The van der Waals surface area contributed by atoms with Crippen LogP contribution in [0.2, 0.25) is 0 Å². The molecule has 0 aliphatic heterocycles. The predicted octanol–water partition coefficient (Wildman–Crippen LogP) is 7.67. The Morgan fingerprint density at radius 2 is 1.64 bits per heavy atom. The van der Waals surface area contributed by atoms with Crippen LogP contribution in [0.25, 0.3) is 17.2 Å². The number of halogens is 2. The molecule has 3 aromatic rings. The molecule has 2 aliphatic rings. The van der Waals surface area contributed by atoms with Gasteiger partial charge in [-0.3, -0.25) is 0 Å². The van der Waals surface area contributed by atoms with Gasteiger partial charge in [-0.05, 0) is 0 Å². The van der Waals surface area contributed by atoms with E-state index in [0.29, 0.717) is 15.5 Å². The minimum absolute atomic E-state index is 0.290. The SMILES string of the molecule is CC(C1C=Cc2ccccc21)[CH](c1cccc2c1Cc1ccccc1-2)[Hf]([Cl])[Cl]. The summed E-state index contributed by atoms with van der Waals surface area (Å²) < 4.78 is 0.290. The molecule has 139 valence electrons. The Hall–Kier alpha value is -1.15. The quantitative estimate of drug-likeness (QED) is 0.221. The normalized spacial score (nSPS) is 18.3. The molecule has 5 rings (SSSR count). The Bertz CT molecular complexity index is 1070. The number of allylic oxidation sites excluding steroid dienone is 1. The molecular weight excluding hydrogens is 550 g/mol. The zero-order valence-corrected chi connectivity index (χ0v) is 20.8. The van der Waals surface area contributed by atoms with Gasteiger partial charge < -0.3 is 0 Å². The molecule has 0 saturated heterocycles. The number of hydrogen-bond donors (Lipinski definition) is 0. The molecule has 3 atom stereocenters. The zero-order chi connectivity index (χ0) is 19.3. The number of rotatable bonds is 4. The molecular formula is C25H21Cl2Hf. The van der Waals surface area contributed by atoms with Gasteiger partial charge in [-0.15, -0.1) is 0 Å². The predicted molar refractivity (Wildman–Crippen MR) is 117 cm³/mol. The Kier molecular flexibility index (Phi) is 5.11. The number of benzene rings is 3. The van der Waals surface area contributed by atoms with Gasteiger partial charge >= 0.3 is 183 Å². The van der Waals surface area contributed by atoms with E-state index in [2.05, 4.69) is 85.8 Å². The second kappa shape index (κ2) is 7.59. The van der Waals surface area contributed by atoms with Crippen molar-refractivity contribution in [2.75, 3.05) is 0 Å². The molecule has 0 spiro atoms. The molecule has 0 nitrogen and oxygen atoms in total. The average Bonchev–Trinajstić information content (AvgIpc) is 3.30. The van der Waals surface area contributed by atoms with Crippen molar-refractivity contribution >= 4 is 23.2 Å². The zero-order valence-electron chi connectivity index (χ0n) is 15.7. The van der Waals surface area contributed by atoms with Crippen molar-refractivity contribution in [1.29, 1.82) is 0 Å². The standard InChI is InChI=1S/C25H21.2ClH.Hf/c1-17(21-14-13-18-7-2-4-10-22(18)21)15-19-9-6-12-24-23-11-5-3-8-20(23)16-25(19)24;;;/h2-15,17,21H,16H2,1H3;2*1H;/q;;;+2/p-2. The molecule has 0 N–H and O–H groups in total. The molecule has 3 heteroatoms. The van der Waals surface area contributed by atoms with Crippen LogP contribution < -0.4 is 0 Å². The molecule has 0 saturated carbocycles. The summed E-state index contributed by atoms with van der Waals surface area (Å²) in [5.74, 6) is 0.783. The molecule has 0 amide bonds. The molecule has 3 aromatic carbocycles. The first-order valence-corrected chi connectivity index (χ1v) is 20.8. The van der Waals surface area contributed by atoms with Gasteiger partial charge in [0, 0.05) is 0 Å². The van der Waals surface area contributed by atoms with E-state index in [4.69, 9.17) is 17.2 Å². The van der Waals surface area contributed by atoms with E-state index in [1.54, 1.807) is 0 Å². The van der Waals surface area contributed by atoms with Gasteiger partial charge in [0.1, 0.15) is 0 Å². The van der Waals surface area contributed by atoms with Gasteiger partial charge in [0.25, 0.3) is 0 Å². The van der Waals surface area contributed by atoms with E-state index >= 15 is 0 Å². The maximum atomic E-state index is 6.85. The molecule has 2 aliphatic carbocycles. The van der Waals surface area contributed by atoms with Crippen LogP contribution in [0.5, 0.6) is 0 Å². The molecule has 3 unspecified atom stereocenters. The summed E-state index contributed by atoms with van der Waals surface area (Å²) in [6, 6.07) is 24.2. The van der Waals surface area contributed by atoms with Gasteiger partial charge in [-0.1, -0.05) is 0 Å². The molecule has 0 fully saturated rings. The van der Waals surface area contributed by atoms with Gasteiger partial charge in [0.2, 0.25) is 0 Å². The van der Waals surface area contributed by atoms with E-state index in [9.17, 15) is 0 Å². The van der Waals surface area contributed by atoms with Crippen LogP contribution in [-0.2, 0) is 25.5 Å². The first-order valence-electron chi connectivity index (χ1n) is 9.80. The second-order valence-corrected chi connectivity index (χ2v) is 20.4. The fourth-order valence-corrected chi connectivity index (χ4v) is 14.2. The van der Waals surface area contributed by atoms with Gasteiger partial charge in [-0.2, -0.15) is 0 Å². The maximum absolute atomic E-state index is 6.85. The third-order valence-electron chi connectivity index (χ3n) is 6.39. The van der Waals surface area contributed by atoms with Gasteiger partial charge in [-0.25, -0.2) is 0 Å². The van der Waals surface area contributed by atoms with Crippen LogP contribution >= 0.6 is 17.2 Å². The van der Waals surface area contributed by atoms with Crippen LogP contribution in [0, 0.1) is 5.92 Å². The van der Waals surface area contributed by atoms with Crippen LogP contribution in [-0.4, -0.2) is 0 Å². The summed E-state index contributed by atoms with van der Waals surface area (Å²) in [5.41, 5.74) is 9.74. The number of hydrogen-bond acceptors (Lipinski definition) is 0. The Morgan fingerprint density at radius 3 is 2.50 bits per heavy atom. The van der Waals surface area contributed by atoms with Crippen LogP contribution in [0.15, 0.2) is 72.8 Å². The summed E-state index contributed by atoms with van der Waals surface area (Å²) in [4.78, 5) is 0. The van der Waals surface area contributed by atoms with E-state index in [1.807, 2.05) is 0 Å².